The molecule has 1 aromatic heterocycles. The zero-order valence-electron chi connectivity index (χ0n) is 24.9. The van der Waals surface area contributed by atoms with Gasteiger partial charge in [-0.2, -0.15) is 0 Å². The smallest absolute Gasteiger partial charge is 0.0872 e. The van der Waals surface area contributed by atoms with E-state index in [1.165, 1.54) is 16.7 Å². The SMILES string of the molecule is Cc1ccc(C2=C3C=CC(=N3)C(c3ccc(C)cc3)=C3C=CC(=N3)C(c3ccc(C)cc3)=c3ccc([nH]3)=C3C=CC2=N3)cc1. The Morgan fingerprint density at radius 2 is 0.727 bits per heavy atom. The van der Waals surface area contributed by atoms with E-state index in [-0.39, 0.29) is 0 Å². The number of aliphatic imine (C=N–C) groups is 3. The van der Waals surface area contributed by atoms with E-state index in [0.717, 1.165) is 78.3 Å². The summed E-state index contributed by atoms with van der Waals surface area (Å²) in [7, 11) is 0. The van der Waals surface area contributed by atoms with Gasteiger partial charge in [-0.15, -0.1) is 0 Å². The number of rotatable bonds is 3. The Balaban J connectivity index is 1.47. The van der Waals surface area contributed by atoms with E-state index in [9.17, 15) is 0 Å². The van der Waals surface area contributed by atoms with Crippen molar-refractivity contribution in [1.82, 2.24) is 4.98 Å². The van der Waals surface area contributed by atoms with Gasteiger partial charge in [-0.3, -0.25) is 0 Å². The van der Waals surface area contributed by atoms with E-state index in [4.69, 9.17) is 15.0 Å². The molecule has 0 saturated carbocycles. The van der Waals surface area contributed by atoms with Gasteiger partial charge in [0.25, 0.3) is 0 Å². The van der Waals surface area contributed by atoms with Crippen LogP contribution < -0.4 is 10.7 Å². The highest BCUT2D eigenvalue weighted by molar-refractivity contribution is 6.37. The van der Waals surface area contributed by atoms with Crippen LogP contribution in [0.1, 0.15) is 33.4 Å². The molecule has 0 fully saturated rings. The molecule has 5 heterocycles. The lowest BCUT2D eigenvalue weighted by Crippen LogP contribution is -2.18. The molecule has 0 unspecified atom stereocenters. The second-order valence-corrected chi connectivity index (χ2v) is 11.7. The van der Waals surface area contributed by atoms with Crippen LogP contribution in [0.3, 0.4) is 0 Å². The van der Waals surface area contributed by atoms with E-state index < -0.39 is 0 Å². The number of hydrogen-bond acceptors (Lipinski definition) is 3. The van der Waals surface area contributed by atoms with Gasteiger partial charge in [0.2, 0.25) is 0 Å². The minimum Gasteiger partial charge on any atom is -0.353 e. The van der Waals surface area contributed by atoms with E-state index >= 15 is 0 Å². The van der Waals surface area contributed by atoms with Crippen LogP contribution in [-0.2, 0) is 0 Å². The molecule has 0 spiro atoms. The molecule has 210 valence electrons. The van der Waals surface area contributed by atoms with Crippen LogP contribution in [0, 0.1) is 20.8 Å². The molecule has 0 aliphatic carbocycles. The first-order chi connectivity index (χ1) is 21.5. The molecule has 4 heteroatoms. The summed E-state index contributed by atoms with van der Waals surface area (Å²) in [6.07, 6.45) is 12.7. The lowest BCUT2D eigenvalue weighted by atomic mass is 9.98. The van der Waals surface area contributed by atoms with Crippen molar-refractivity contribution in [2.45, 2.75) is 20.8 Å². The van der Waals surface area contributed by atoms with E-state index in [1.54, 1.807) is 0 Å². The number of H-pyrrole nitrogens is 1. The van der Waals surface area contributed by atoms with Crippen molar-refractivity contribution < 1.29 is 0 Å². The van der Waals surface area contributed by atoms with Gasteiger partial charge in [-0.25, -0.2) is 15.0 Å². The minimum absolute atomic E-state index is 0.887. The minimum atomic E-state index is 0.887. The summed E-state index contributed by atoms with van der Waals surface area (Å²) in [6.45, 7) is 6.33. The van der Waals surface area contributed by atoms with Gasteiger partial charge >= 0.3 is 0 Å². The predicted molar refractivity (Wildman–Crippen MR) is 183 cm³/mol. The summed E-state index contributed by atoms with van der Waals surface area (Å²) in [5.74, 6) is 0. The van der Waals surface area contributed by atoms with Crippen molar-refractivity contribution in [3.8, 4) is 0 Å². The molecule has 0 saturated heterocycles. The Bertz CT molecular complexity index is 2240. The third kappa shape index (κ3) is 4.52. The number of hydrogen-bond donors (Lipinski definition) is 1. The monoisotopic (exact) mass is 566 g/mol. The topological polar surface area (TPSA) is 52.9 Å². The van der Waals surface area contributed by atoms with Crippen molar-refractivity contribution in [2.24, 2.45) is 15.0 Å². The zero-order chi connectivity index (χ0) is 29.8. The van der Waals surface area contributed by atoms with Crippen molar-refractivity contribution in [1.29, 1.82) is 0 Å². The van der Waals surface area contributed by atoms with Crippen LogP contribution in [0.25, 0.3) is 22.4 Å². The molecule has 8 bridgehead atoms. The highest BCUT2D eigenvalue weighted by Gasteiger charge is 2.24. The molecule has 44 heavy (non-hydrogen) atoms. The molecular formula is C40H30N4. The fourth-order valence-corrected chi connectivity index (χ4v) is 6.08. The first-order valence-electron chi connectivity index (χ1n) is 14.9. The number of aromatic amines is 1. The molecule has 0 amide bonds. The van der Waals surface area contributed by atoms with Gasteiger partial charge < -0.3 is 4.98 Å². The van der Waals surface area contributed by atoms with Crippen LogP contribution in [-0.4, -0.2) is 22.1 Å². The van der Waals surface area contributed by atoms with E-state index in [0.29, 0.717) is 0 Å². The standard InChI is InChI=1S/C40H30N4/c1-24-4-10-27(11-5-24)38-32-18-16-30(41-32)31-17-19-33(42-31)39(28-12-6-25(2)7-13-28)35-21-23-37(44-35)40(36-22-20-34(38)43-36)29-14-8-26(3)9-15-29/h4-23,41H,1-3H3. The van der Waals surface area contributed by atoms with Gasteiger partial charge in [0.05, 0.1) is 39.6 Å². The highest BCUT2D eigenvalue weighted by atomic mass is 14.9. The second-order valence-electron chi connectivity index (χ2n) is 11.7. The summed E-state index contributed by atoms with van der Waals surface area (Å²) < 4.78 is 0. The van der Waals surface area contributed by atoms with Gasteiger partial charge in [-0.1, -0.05) is 89.5 Å². The summed E-state index contributed by atoms with van der Waals surface area (Å²) in [6, 6.07) is 30.1. The van der Waals surface area contributed by atoms with Gasteiger partial charge in [0.1, 0.15) is 0 Å². The molecule has 1 N–H and O–H groups in total. The molecule has 4 nitrogen and oxygen atoms in total. The lowest BCUT2D eigenvalue weighted by molar-refractivity contribution is 1.24. The molecule has 8 rings (SSSR count). The number of benzene rings is 3. The van der Waals surface area contributed by atoms with E-state index in [2.05, 4.69) is 147 Å². The molecule has 4 aliphatic heterocycles. The lowest BCUT2D eigenvalue weighted by Gasteiger charge is -2.11. The van der Waals surface area contributed by atoms with Gasteiger partial charge in [0, 0.05) is 22.1 Å². The Morgan fingerprint density at radius 3 is 1.20 bits per heavy atom. The van der Waals surface area contributed by atoms with Gasteiger partial charge in [0.15, 0.2) is 0 Å². The van der Waals surface area contributed by atoms with Crippen molar-refractivity contribution in [3.63, 3.8) is 0 Å². The summed E-state index contributed by atoms with van der Waals surface area (Å²) in [5.41, 5.74) is 15.4. The van der Waals surface area contributed by atoms with Crippen LogP contribution >= 0.6 is 0 Å². The average molecular weight is 567 g/mol. The van der Waals surface area contributed by atoms with E-state index in [1.807, 2.05) is 0 Å². The zero-order valence-corrected chi connectivity index (χ0v) is 24.9. The highest BCUT2D eigenvalue weighted by Crippen LogP contribution is 2.34. The maximum absolute atomic E-state index is 5.29. The Hall–Kier alpha value is -5.61. The maximum atomic E-state index is 5.29. The third-order valence-corrected chi connectivity index (χ3v) is 8.45. The molecule has 3 aromatic carbocycles. The molecule has 4 aromatic rings. The van der Waals surface area contributed by atoms with Crippen LogP contribution in [0.2, 0.25) is 0 Å². The third-order valence-electron chi connectivity index (χ3n) is 8.45. The first kappa shape index (κ1) is 26.1. The normalized spacial score (nSPS) is 16.8. The van der Waals surface area contributed by atoms with Crippen molar-refractivity contribution >= 4 is 39.6 Å². The predicted octanol–water partition coefficient (Wildman–Crippen LogP) is 7.12. The molecule has 0 radical (unpaired) electrons. The van der Waals surface area contributed by atoms with Crippen LogP contribution in [0.5, 0.6) is 0 Å². The number of aromatic nitrogens is 1. The number of aryl methyl sites for hydroxylation is 3. The Labute approximate surface area is 256 Å². The summed E-state index contributed by atoms with van der Waals surface area (Å²) in [4.78, 5) is 19.4. The molecule has 0 atom stereocenters. The van der Waals surface area contributed by atoms with Crippen molar-refractivity contribution in [3.05, 3.63) is 177 Å². The average Bonchev–Trinajstić information content (AvgIpc) is 3.85. The molecular weight excluding hydrogens is 536 g/mol. The maximum Gasteiger partial charge on any atom is 0.0872 e. The number of fused-ring (bicyclic) bond motifs is 5. The number of nitrogens with zero attached hydrogens (tertiary/aromatic N) is 3. The summed E-state index contributed by atoms with van der Waals surface area (Å²) in [5, 5.41) is 1.96. The quantitative estimate of drug-likeness (QED) is 0.275. The van der Waals surface area contributed by atoms with Crippen LogP contribution in [0.4, 0.5) is 0 Å². The van der Waals surface area contributed by atoms with Gasteiger partial charge in [-0.05, 0) is 86.1 Å². The largest absolute Gasteiger partial charge is 0.353 e. The summed E-state index contributed by atoms with van der Waals surface area (Å²) >= 11 is 0. The fourth-order valence-electron chi connectivity index (χ4n) is 6.08. The Morgan fingerprint density at radius 1 is 0.364 bits per heavy atom. The second kappa shape index (κ2) is 10.3. The fraction of sp³-hybridized carbons (Fsp3) is 0.0750. The van der Waals surface area contributed by atoms with Crippen LogP contribution in [0.15, 0.2) is 148 Å². The number of nitrogens with one attached hydrogen (secondary N) is 1. The first-order valence-corrected chi connectivity index (χ1v) is 14.9. The number of allylic oxidation sites excluding steroid dienone is 7. The Kier molecular flexibility index (Phi) is 6.09. The molecule has 4 aliphatic rings. The van der Waals surface area contributed by atoms with Crippen molar-refractivity contribution in [2.75, 3.05) is 0 Å².